The molecule has 0 aliphatic carbocycles. The normalized spacial score (nSPS) is 26.2. The molecule has 7 aromatic carbocycles. The van der Waals surface area contributed by atoms with Crippen molar-refractivity contribution in [3.63, 3.8) is 0 Å². The highest BCUT2D eigenvalue weighted by Crippen LogP contribution is 2.50. The fourth-order valence-corrected chi connectivity index (χ4v) is 15.3. The van der Waals surface area contributed by atoms with Crippen LogP contribution < -0.4 is 78.0 Å². The molecule has 21 N–H and O–H groups in total. The topological polar surface area (TPSA) is 556 Å². The Bertz CT molecular complexity index is 5240. The number of carbonyl (C=O) groups is 9. The number of nitrogens with one attached hydrogen (secondary N) is 10. The van der Waals surface area contributed by atoms with E-state index < -0.39 is 260 Å². The molecule has 9 amide bonds. The van der Waals surface area contributed by atoms with Crippen LogP contribution in [0.15, 0.2) is 127 Å². The lowest BCUT2D eigenvalue weighted by Crippen LogP contribution is -2.65. The van der Waals surface area contributed by atoms with E-state index in [1.165, 1.54) is 26.1 Å². The van der Waals surface area contributed by atoms with Gasteiger partial charge in [0.25, 0.3) is 11.8 Å². The van der Waals surface area contributed by atoms with E-state index in [-0.39, 0.29) is 59.0 Å². The van der Waals surface area contributed by atoms with E-state index in [1.54, 1.807) is 45.0 Å². The third kappa shape index (κ3) is 20.7. The number of benzene rings is 7. The van der Waals surface area contributed by atoms with E-state index in [0.29, 0.717) is 5.56 Å². The van der Waals surface area contributed by atoms with Crippen molar-refractivity contribution >= 4 is 82.1 Å². The summed E-state index contributed by atoms with van der Waals surface area (Å²) in [6.45, 7) is 5.63. The Hall–Kier alpha value is -11.7. The van der Waals surface area contributed by atoms with E-state index in [4.69, 9.17) is 62.2 Å². The Balaban J connectivity index is 1.01. The Morgan fingerprint density at radius 1 is 0.702 bits per heavy atom. The van der Waals surface area contributed by atoms with Gasteiger partial charge in [-0.1, -0.05) is 67.4 Å². The van der Waals surface area contributed by atoms with Crippen LogP contribution in [-0.2, 0) is 63.9 Å². The molecule has 0 radical (unpaired) electrons. The van der Waals surface area contributed by atoms with Crippen LogP contribution in [0.5, 0.6) is 51.7 Å². The zero-order valence-electron chi connectivity index (χ0n) is 66.5. The number of rotatable bonds is 20. The molecule has 7 aliphatic heterocycles. The summed E-state index contributed by atoms with van der Waals surface area (Å²) < 4.78 is 82.0. The number of nitrogens with two attached hydrogens (primary N) is 1. The molecule has 18 unspecified atom stereocenters. The van der Waals surface area contributed by atoms with Gasteiger partial charge in [-0.2, -0.15) is 0 Å². The smallest absolute Gasteiger partial charge is 0.508 e. The molecule has 0 saturated carbocycles. The average Bonchev–Trinajstić information content (AvgIpc) is 0.763. The summed E-state index contributed by atoms with van der Waals surface area (Å²) in [7, 11) is 2.49. The van der Waals surface area contributed by atoms with Crippen molar-refractivity contribution in [3.8, 4) is 62.9 Å². The molecule has 2 fully saturated rings. The summed E-state index contributed by atoms with van der Waals surface area (Å²) in [6.07, 6.45) is -24.6. The molecule has 7 heterocycles. The average molecular weight is 1770 g/mol. The van der Waals surface area contributed by atoms with Crippen LogP contribution in [-0.4, -0.2) is 205 Å². The number of hydroxylamine groups is 1. The van der Waals surface area contributed by atoms with Gasteiger partial charge >= 0.3 is 6.36 Å². The van der Waals surface area contributed by atoms with Crippen molar-refractivity contribution in [2.45, 2.75) is 169 Å². The number of aromatic hydroxyl groups is 3. The minimum absolute atomic E-state index is 0.00987. The number of phenolic OH excluding ortho intramolecular Hbond substituents is 3. The number of carbonyl (C=O) groups excluding carboxylic acids is 9. The lowest BCUT2D eigenvalue weighted by molar-refractivity contribution is -0.334. The van der Waals surface area contributed by atoms with Gasteiger partial charge in [0.1, 0.15) is 101 Å². The predicted molar refractivity (Wildman–Crippen MR) is 427 cm³/mol. The zero-order valence-corrected chi connectivity index (χ0v) is 68.0. The number of hydrogen-bond acceptors (Lipinski definition) is 28. The molecular formula is C82H88Cl2F3N11O26. The second-order valence-corrected chi connectivity index (χ2v) is 31.4. The van der Waals surface area contributed by atoms with Gasteiger partial charge in [-0.05, 0) is 158 Å². The lowest BCUT2D eigenvalue weighted by Gasteiger charge is -2.48. The standard InChI is InChI=1S/C82H88Cl2F3N11O26/c1-33(2)20-48(89-5)73(110)96-63-65(104)38-13-18-52(46(83)23-38)119-54-25-40-26-55(69(54)123-80-70(68(107)67(106)56(32-99)121-80)122-58-30-81(4,71(108)34(3)118-58)90-31-35-8-7-9-41(21-35)91-72(109)36-10-15-43(16-11-36)124-82(85,86)87)120-53-19-14-39(24-47(53)84)66(105)64-78(115)95-62(79(116)98-117-6)45-27-42(100)28-51(102)59(45)44-22-37(12-17-50(44)101)60(75(112)97-64)94-76(113)61(40)93-74(111)49(29-57(88)103)92-77(63)114/h7-19,21-28,33-34,48-49,56,58,60-68,70-71,80,89-90,99-102,104-108H,20,29-32H2,1-6H3,(H2,88,103)(H,91,109)(H,92,114)(H,93,111)(H,94,113)(H,95,115)(H,96,110)(H,97,112)(H,98,116). The molecule has 7 aliphatic rings. The van der Waals surface area contributed by atoms with Crippen LogP contribution in [0.4, 0.5) is 18.9 Å². The van der Waals surface area contributed by atoms with Gasteiger partial charge in [0, 0.05) is 46.9 Å². The third-order valence-electron chi connectivity index (χ3n) is 21.2. The number of halogens is 5. The number of primary amides is 1. The molecule has 124 heavy (non-hydrogen) atoms. The van der Waals surface area contributed by atoms with Crippen molar-refractivity contribution in [1.29, 1.82) is 0 Å². The lowest BCUT2D eigenvalue weighted by atomic mass is 9.84. The van der Waals surface area contributed by atoms with Gasteiger partial charge in [-0.3, -0.25) is 48.0 Å². The van der Waals surface area contributed by atoms with Crippen molar-refractivity contribution in [2.75, 3.05) is 26.1 Å². The molecule has 14 rings (SSSR count). The molecule has 11 bridgehead atoms. The first kappa shape index (κ1) is 91.5. The fraction of sp³-hybridized carbons (Fsp3) is 0.378. The highest BCUT2D eigenvalue weighted by molar-refractivity contribution is 6.32. The largest absolute Gasteiger partial charge is 0.573 e. The number of aliphatic hydroxyl groups excluding tert-OH is 6. The number of aliphatic hydroxyl groups is 6. The molecule has 2 saturated heterocycles. The first-order valence-corrected chi connectivity index (χ1v) is 39.3. The van der Waals surface area contributed by atoms with Crippen LogP contribution in [0.2, 0.25) is 10.0 Å². The van der Waals surface area contributed by atoms with Gasteiger partial charge in [0.15, 0.2) is 23.9 Å². The van der Waals surface area contributed by atoms with Gasteiger partial charge in [-0.25, -0.2) is 5.48 Å². The molecule has 42 heteroatoms. The molecule has 662 valence electrons. The van der Waals surface area contributed by atoms with E-state index in [9.17, 15) is 78.3 Å². The number of amides is 9. The summed E-state index contributed by atoms with van der Waals surface area (Å²) in [5, 5.41) is 129. The first-order chi connectivity index (χ1) is 58.7. The maximum absolute atomic E-state index is 16.3. The Kier molecular flexibility index (Phi) is 28.2. The number of likely N-dealkylation sites (N-methyl/N-ethyl adjacent to an activating group) is 1. The quantitative estimate of drug-likeness (QED) is 0.0484. The summed E-state index contributed by atoms with van der Waals surface area (Å²) in [6, 6.07) is 9.98. The zero-order chi connectivity index (χ0) is 89.8. The number of ether oxygens (including phenoxy) is 7. The Labute approximate surface area is 713 Å². The molecule has 0 spiro atoms. The van der Waals surface area contributed by atoms with Gasteiger partial charge in [0.05, 0.1) is 48.4 Å². The Morgan fingerprint density at radius 2 is 1.34 bits per heavy atom. The number of fused-ring (bicyclic) bond motifs is 15. The molecule has 18 atom stereocenters. The minimum atomic E-state index is -4.97. The number of alkyl halides is 3. The molecule has 7 aromatic rings. The van der Waals surface area contributed by atoms with E-state index in [1.807, 2.05) is 0 Å². The monoisotopic (exact) mass is 1770 g/mol. The SMILES string of the molecule is CNC(CC(C)C)C(=O)NC1C(=O)NC(CC(N)=O)C(=O)NC2C(=O)NC3C(=O)NC(C(=O)NC(C(=O)NOC)c4cc(O)cc(O)c4-c4cc3ccc4O)C(O)c3ccc(c(Cl)c3)Oc3cc2cc(c3OC2OC(CO)C(O)C(O)C2OC2CC(C)(NCc3cccc(NC(=O)c4ccc(OC(F)(F)F)cc4)c3)C(O)C(C)O2)Oc2ccc(cc2Cl)C1O. The number of phenols is 3. The Morgan fingerprint density at radius 3 is 1.96 bits per heavy atom. The van der Waals surface area contributed by atoms with Crippen molar-refractivity contribution in [1.82, 2.24) is 48.0 Å². The van der Waals surface area contributed by atoms with Gasteiger partial charge < -0.3 is 133 Å². The molecule has 37 nitrogen and oxygen atoms in total. The third-order valence-corrected chi connectivity index (χ3v) is 21.8. The maximum Gasteiger partial charge on any atom is 0.573 e. The fourth-order valence-electron chi connectivity index (χ4n) is 14.9. The first-order valence-electron chi connectivity index (χ1n) is 38.5. The predicted octanol–water partition coefficient (Wildman–Crippen LogP) is 3.68. The van der Waals surface area contributed by atoms with E-state index in [0.717, 1.165) is 98.1 Å². The summed E-state index contributed by atoms with van der Waals surface area (Å²) in [5.41, 5.74) is 4.47. The van der Waals surface area contributed by atoms with Gasteiger partial charge in [-0.15, -0.1) is 13.2 Å². The van der Waals surface area contributed by atoms with Crippen LogP contribution in [0.3, 0.4) is 0 Å². The summed E-state index contributed by atoms with van der Waals surface area (Å²) in [5.74, 6) is -16.9. The molecule has 0 aromatic heterocycles. The molecular weight excluding hydrogens is 1680 g/mol. The van der Waals surface area contributed by atoms with Crippen LogP contribution in [0.1, 0.15) is 121 Å². The second-order valence-electron chi connectivity index (χ2n) is 30.5. The van der Waals surface area contributed by atoms with Gasteiger partial charge in [0.2, 0.25) is 53.4 Å². The highest BCUT2D eigenvalue weighted by Gasteiger charge is 2.52. The number of anilines is 1. The van der Waals surface area contributed by atoms with E-state index in [2.05, 4.69) is 58.1 Å². The van der Waals surface area contributed by atoms with Crippen molar-refractivity contribution < 1.29 is 140 Å². The van der Waals surface area contributed by atoms with Crippen molar-refractivity contribution in [2.24, 2.45) is 11.7 Å². The summed E-state index contributed by atoms with van der Waals surface area (Å²) in [4.78, 5) is 138. The van der Waals surface area contributed by atoms with Crippen molar-refractivity contribution in [3.05, 3.63) is 176 Å². The van der Waals surface area contributed by atoms with Crippen LogP contribution in [0, 0.1) is 5.92 Å². The second kappa shape index (κ2) is 38.2. The summed E-state index contributed by atoms with van der Waals surface area (Å²) >= 11 is 14.3. The van der Waals surface area contributed by atoms with Crippen LogP contribution in [0.25, 0.3) is 11.1 Å². The highest BCUT2D eigenvalue weighted by atomic mass is 35.5. The number of hydrogen-bond donors (Lipinski definition) is 20. The van der Waals surface area contributed by atoms with E-state index >= 15 is 24.0 Å². The van der Waals surface area contributed by atoms with Crippen LogP contribution >= 0.6 is 23.2 Å². The minimum Gasteiger partial charge on any atom is -0.508 e. The maximum atomic E-state index is 16.3.